The summed E-state index contributed by atoms with van der Waals surface area (Å²) in [7, 11) is 1.73. The van der Waals surface area contributed by atoms with Crippen LogP contribution in [0.1, 0.15) is 0 Å². The number of nitrogens with one attached hydrogen (secondary N) is 1. The van der Waals surface area contributed by atoms with E-state index in [4.69, 9.17) is 0 Å². The first-order valence-electron chi connectivity index (χ1n) is 7.99. The van der Waals surface area contributed by atoms with E-state index in [1.165, 1.54) is 0 Å². The number of aryl methyl sites for hydroxylation is 1. The average Bonchev–Trinajstić information content (AvgIpc) is 2.66. The maximum atomic E-state index is 12.7. The van der Waals surface area contributed by atoms with Gasteiger partial charge >= 0.3 is 0 Å². The van der Waals surface area contributed by atoms with Gasteiger partial charge in [0.1, 0.15) is 11.2 Å². The molecule has 1 aliphatic heterocycles. The van der Waals surface area contributed by atoms with Crippen LogP contribution < -0.4 is 15.8 Å². The van der Waals surface area contributed by atoms with Gasteiger partial charge < -0.3 is 10.2 Å². The summed E-state index contributed by atoms with van der Waals surface area (Å²) in [6.07, 6.45) is 1.70. The molecule has 2 aromatic heterocycles. The SMILES string of the molecule is Cn1c(=O)c(-c2ccccc2)nc2cnc(N3CCNCC3)nc21. The number of piperazine rings is 1. The topological polar surface area (TPSA) is 75.9 Å². The second-order valence-electron chi connectivity index (χ2n) is 5.81. The smallest absolute Gasteiger partial charge is 0.278 e. The van der Waals surface area contributed by atoms with E-state index in [0.29, 0.717) is 22.8 Å². The minimum atomic E-state index is -0.154. The first-order chi connectivity index (χ1) is 11.7. The molecule has 7 heteroatoms. The largest absolute Gasteiger partial charge is 0.338 e. The molecule has 3 heterocycles. The first kappa shape index (κ1) is 14.8. The zero-order chi connectivity index (χ0) is 16.5. The minimum absolute atomic E-state index is 0.154. The molecule has 7 nitrogen and oxygen atoms in total. The summed E-state index contributed by atoms with van der Waals surface area (Å²) in [5.41, 5.74) is 2.24. The van der Waals surface area contributed by atoms with E-state index in [-0.39, 0.29) is 5.56 Å². The normalized spacial score (nSPS) is 15.0. The van der Waals surface area contributed by atoms with E-state index in [2.05, 4.69) is 25.2 Å². The van der Waals surface area contributed by atoms with Gasteiger partial charge in [0.25, 0.3) is 5.56 Å². The number of aromatic nitrogens is 4. The van der Waals surface area contributed by atoms with Crippen molar-refractivity contribution in [3.05, 3.63) is 46.9 Å². The summed E-state index contributed by atoms with van der Waals surface area (Å²) < 4.78 is 1.55. The Hall–Kier alpha value is -2.80. The van der Waals surface area contributed by atoms with Gasteiger partial charge in [-0.3, -0.25) is 9.36 Å². The van der Waals surface area contributed by atoms with Crippen molar-refractivity contribution in [2.75, 3.05) is 31.1 Å². The van der Waals surface area contributed by atoms with Crippen LogP contribution >= 0.6 is 0 Å². The highest BCUT2D eigenvalue weighted by atomic mass is 16.1. The lowest BCUT2D eigenvalue weighted by atomic mass is 10.1. The molecule has 0 atom stereocenters. The van der Waals surface area contributed by atoms with Crippen molar-refractivity contribution in [2.24, 2.45) is 7.05 Å². The summed E-state index contributed by atoms with van der Waals surface area (Å²) in [5, 5.41) is 3.30. The molecule has 0 bridgehead atoms. The lowest BCUT2D eigenvalue weighted by molar-refractivity contribution is 0.580. The number of hydrogen-bond acceptors (Lipinski definition) is 6. The van der Waals surface area contributed by atoms with Gasteiger partial charge in [0.05, 0.1) is 6.20 Å². The maximum absolute atomic E-state index is 12.7. The summed E-state index contributed by atoms with van der Waals surface area (Å²) in [5.74, 6) is 0.647. The summed E-state index contributed by atoms with van der Waals surface area (Å²) in [6.45, 7) is 3.53. The summed E-state index contributed by atoms with van der Waals surface area (Å²) in [4.78, 5) is 28.3. The molecule has 0 amide bonds. The van der Waals surface area contributed by atoms with Crippen LogP contribution in [-0.2, 0) is 7.05 Å². The van der Waals surface area contributed by atoms with Gasteiger partial charge in [-0.05, 0) is 0 Å². The second-order valence-corrected chi connectivity index (χ2v) is 5.81. The molecular formula is C17H18N6O. The summed E-state index contributed by atoms with van der Waals surface area (Å²) >= 11 is 0. The van der Waals surface area contributed by atoms with Crippen LogP contribution in [0.2, 0.25) is 0 Å². The van der Waals surface area contributed by atoms with Crippen molar-refractivity contribution in [1.82, 2.24) is 24.8 Å². The maximum Gasteiger partial charge on any atom is 0.278 e. The molecule has 0 unspecified atom stereocenters. The molecule has 1 aromatic carbocycles. The van der Waals surface area contributed by atoms with E-state index < -0.39 is 0 Å². The van der Waals surface area contributed by atoms with Crippen LogP contribution in [0.15, 0.2) is 41.3 Å². The Balaban J connectivity index is 1.84. The van der Waals surface area contributed by atoms with Gasteiger partial charge in [-0.25, -0.2) is 9.97 Å². The molecule has 0 spiro atoms. The monoisotopic (exact) mass is 322 g/mol. The van der Waals surface area contributed by atoms with Gasteiger partial charge in [0, 0.05) is 38.8 Å². The third-order valence-electron chi connectivity index (χ3n) is 4.24. The second kappa shape index (κ2) is 6.01. The molecule has 1 aliphatic rings. The number of hydrogen-bond donors (Lipinski definition) is 1. The Morgan fingerprint density at radius 3 is 2.58 bits per heavy atom. The average molecular weight is 322 g/mol. The lowest BCUT2D eigenvalue weighted by Gasteiger charge is -2.27. The van der Waals surface area contributed by atoms with Gasteiger partial charge in [-0.15, -0.1) is 0 Å². The van der Waals surface area contributed by atoms with E-state index in [0.717, 1.165) is 31.7 Å². The number of anilines is 1. The Morgan fingerprint density at radius 2 is 1.83 bits per heavy atom. The van der Waals surface area contributed by atoms with E-state index >= 15 is 0 Å². The number of fused-ring (bicyclic) bond motifs is 1. The molecule has 1 fully saturated rings. The fourth-order valence-electron chi connectivity index (χ4n) is 2.91. The van der Waals surface area contributed by atoms with Crippen LogP contribution in [0, 0.1) is 0 Å². The van der Waals surface area contributed by atoms with Crippen molar-refractivity contribution < 1.29 is 0 Å². The molecule has 1 saturated heterocycles. The highest BCUT2D eigenvalue weighted by Crippen LogP contribution is 2.17. The van der Waals surface area contributed by atoms with Crippen LogP contribution in [0.4, 0.5) is 5.95 Å². The summed E-state index contributed by atoms with van der Waals surface area (Å²) in [6, 6.07) is 9.46. The quantitative estimate of drug-likeness (QED) is 0.752. The molecular weight excluding hydrogens is 304 g/mol. The molecule has 0 radical (unpaired) electrons. The number of benzene rings is 1. The highest BCUT2D eigenvalue weighted by molar-refractivity contribution is 5.74. The van der Waals surface area contributed by atoms with Crippen molar-refractivity contribution in [3.63, 3.8) is 0 Å². The highest BCUT2D eigenvalue weighted by Gasteiger charge is 2.16. The van der Waals surface area contributed by atoms with E-state index in [1.807, 2.05) is 30.3 Å². The van der Waals surface area contributed by atoms with Gasteiger partial charge in [-0.2, -0.15) is 4.98 Å². The molecule has 0 saturated carbocycles. The third-order valence-corrected chi connectivity index (χ3v) is 4.24. The Kier molecular flexibility index (Phi) is 3.70. The zero-order valence-corrected chi connectivity index (χ0v) is 13.4. The molecule has 3 aromatic rings. The Labute approximate surface area is 139 Å². The van der Waals surface area contributed by atoms with E-state index in [1.54, 1.807) is 17.8 Å². The Bertz CT molecular complexity index is 931. The van der Waals surface area contributed by atoms with Crippen LogP contribution in [0.3, 0.4) is 0 Å². The van der Waals surface area contributed by atoms with Crippen molar-refractivity contribution >= 4 is 17.1 Å². The molecule has 122 valence electrons. The molecule has 4 rings (SSSR count). The predicted molar refractivity (Wildman–Crippen MR) is 93.1 cm³/mol. The first-order valence-corrected chi connectivity index (χ1v) is 7.99. The van der Waals surface area contributed by atoms with Crippen LogP contribution in [-0.4, -0.2) is 45.7 Å². The van der Waals surface area contributed by atoms with Gasteiger partial charge in [0.2, 0.25) is 5.95 Å². The van der Waals surface area contributed by atoms with Gasteiger partial charge in [0.15, 0.2) is 5.65 Å². The standard InChI is InChI=1S/C17H18N6O/c1-22-15-13(11-19-17(21-15)23-9-7-18-8-10-23)20-14(16(22)24)12-5-3-2-4-6-12/h2-6,11,18H,7-10H2,1H3. The Morgan fingerprint density at radius 1 is 1.08 bits per heavy atom. The molecule has 24 heavy (non-hydrogen) atoms. The predicted octanol–water partition coefficient (Wildman–Crippen LogP) is 0.800. The zero-order valence-electron chi connectivity index (χ0n) is 13.4. The number of nitrogens with zero attached hydrogens (tertiary/aromatic N) is 5. The van der Waals surface area contributed by atoms with Crippen LogP contribution in [0.25, 0.3) is 22.4 Å². The van der Waals surface area contributed by atoms with Gasteiger partial charge in [-0.1, -0.05) is 30.3 Å². The molecule has 0 aliphatic carbocycles. The lowest BCUT2D eigenvalue weighted by Crippen LogP contribution is -2.44. The fraction of sp³-hybridized carbons (Fsp3) is 0.294. The molecule has 1 N–H and O–H groups in total. The minimum Gasteiger partial charge on any atom is -0.338 e. The van der Waals surface area contributed by atoms with Crippen molar-refractivity contribution in [3.8, 4) is 11.3 Å². The third kappa shape index (κ3) is 2.52. The van der Waals surface area contributed by atoms with Crippen molar-refractivity contribution in [2.45, 2.75) is 0 Å². The number of rotatable bonds is 2. The fourth-order valence-corrected chi connectivity index (χ4v) is 2.91. The van der Waals surface area contributed by atoms with Crippen LogP contribution in [0.5, 0.6) is 0 Å². The van der Waals surface area contributed by atoms with Crippen molar-refractivity contribution in [1.29, 1.82) is 0 Å². The van der Waals surface area contributed by atoms with E-state index in [9.17, 15) is 4.79 Å².